The smallest absolute Gasteiger partial charge is 0.303 e. The molecule has 0 aliphatic carbocycles. The summed E-state index contributed by atoms with van der Waals surface area (Å²) in [7, 11) is 0. The lowest BCUT2D eigenvalue weighted by Gasteiger charge is -2.40. The Morgan fingerprint density at radius 2 is 1.50 bits per heavy atom. The summed E-state index contributed by atoms with van der Waals surface area (Å²) in [6, 6.07) is 0. The number of unbranched alkanes of at least 4 members (excludes halogenated alkanes) is 4. The van der Waals surface area contributed by atoms with Crippen molar-refractivity contribution in [1.82, 2.24) is 0 Å². The molecule has 0 radical (unpaired) electrons. The van der Waals surface area contributed by atoms with Gasteiger partial charge in [0.15, 0.2) is 0 Å². The normalized spacial score (nSPS) is 13.5. The molecule has 0 bridgehead atoms. The highest BCUT2D eigenvalue weighted by molar-refractivity contribution is 5.66. The van der Waals surface area contributed by atoms with Crippen molar-refractivity contribution in [3.05, 3.63) is 12.2 Å². The van der Waals surface area contributed by atoms with Gasteiger partial charge >= 0.3 is 5.97 Å². The van der Waals surface area contributed by atoms with Crippen molar-refractivity contribution in [2.45, 2.75) is 84.7 Å². The van der Waals surface area contributed by atoms with E-state index in [1.807, 2.05) is 6.08 Å². The zero-order valence-corrected chi connectivity index (χ0v) is 16.2. The maximum Gasteiger partial charge on any atom is 0.303 e. The third-order valence-electron chi connectivity index (χ3n) is 4.65. The van der Waals surface area contributed by atoms with E-state index >= 15 is 0 Å². The lowest BCUT2D eigenvalue weighted by Crippen LogP contribution is -2.53. The number of aliphatic carboxylic acids is 1. The molecular weight excluding hydrogens is 302 g/mol. The summed E-state index contributed by atoms with van der Waals surface area (Å²) in [5, 5.41) is 19.4. The molecule has 4 heteroatoms. The van der Waals surface area contributed by atoms with Crippen molar-refractivity contribution in [3.8, 4) is 0 Å². The second-order valence-corrected chi connectivity index (χ2v) is 7.04. The third-order valence-corrected chi connectivity index (χ3v) is 4.65. The van der Waals surface area contributed by atoms with Crippen LogP contribution in [0.25, 0.3) is 0 Å². The minimum Gasteiger partial charge on any atom is -0.481 e. The van der Waals surface area contributed by atoms with Gasteiger partial charge in [-0.3, -0.25) is 4.79 Å². The largest absolute Gasteiger partial charge is 0.481 e. The quantitative estimate of drug-likeness (QED) is 0.249. The Morgan fingerprint density at radius 1 is 0.958 bits per heavy atom. The highest BCUT2D eigenvalue weighted by Crippen LogP contribution is 2.17. The van der Waals surface area contributed by atoms with Crippen LogP contribution in [0.1, 0.15) is 78.6 Å². The van der Waals surface area contributed by atoms with Gasteiger partial charge in [-0.15, -0.1) is 0 Å². The van der Waals surface area contributed by atoms with Crippen LogP contribution >= 0.6 is 0 Å². The molecule has 0 aromatic heterocycles. The van der Waals surface area contributed by atoms with Gasteiger partial charge < -0.3 is 14.7 Å². The van der Waals surface area contributed by atoms with Crippen LogP contribution in [0.2, 0.25) is 0 Å². The number of hydrogen-bond acceptors (Lipinski definition) is 2. The van der Waals surface area contributed by atoms with Gasteiger partial charge in [-0.05, 0) is 19.3 Å². The van der Waals surface area contributed by atoms with E-state index in [1.54, 1.807) is 0 Å². The Bertz CT molecular complexity index is 334. The number of carboxylic acids is 1. The SMILES string of the molecule is CCCC/C=C/C(O)C[N+](CCCC)(CCCC)CCCC(=O)O. The van der Waals surface area contributed by atoms with Gasteiger partial charge in [-0.25, -0.2) is 0 Å². The standard InChI is InChI=1S/C20H39NO3/c1-4-7-10-11-13-19(22)18-21(15-8-5-2,16-9-6-3)17-12-14-20(23)24/h11,13,19,22H,4-10,12,14-18H2,1-3H3/p+1/b13-11+. The first-order valence-electron chi connectivity index (χ1n) is 9.91. The van der Waals surface area contributed by atoms with Gasteiger partial charge in [0.05, 0.1) is 26.1 Å². The minimum atomic E-state index is -0.723. The molecule has 0 rings (SSSR count). The van der Waals surface area contributed by atoms with Crippen molar-refractivity contribution in [2.24, 2.45) is 0 Å². The number of aliphatic hydroxyl groups excluding tert-OH is 1. The summed E-state index contributed by atoms with van der Waals surface area (Å²) in [5.41, 5.74) is 0. The fourth-order valence-electron chi connectivity index (χ4n) is 3.19. The molecule has 1 atom stereocenters. The number of rotatable bonds is 16. The van der Waals surface area contributed by atoms with E-state index in [9.17, 15) is 9.90 Å². The number of hydrogen-bond donors (Lipinski definition) is 2. The molecule has 0 aliphatic heterocycles. The topological polar surface area (TPSA) is 57.5 Å². The number of aliphatic hydroxyl groups is 1. The van der Waals surface area contributed by atoms with Crippen molar-refractivity contribution in [2.75, 3.05) is 26.2 Å². The lowest BCUT2D eigenvalue weighted by molar-refractivity contribution is -0.930. The number of allylic oxidation sites excluding steroid dienone is 1. The summed E-state index contributed by atoms with van der Waals surface area (Å²) in [5.74, 6) is -0.723. The van der Waals surface area contributed by atoms with Crippen molar-refractivity contribution < 1.29 is 19.5 Å². The molecule has 0 spiro atoms. The minimum absolute atomic E-state index is 0.223. The van der Waals surface area contributed by atoms with E-state index in [1.165, 1.54) is 6.42 Å². The maximum atomic E-state index is 10.9. The van der Waals surface area contributed by atoms with Gasteiger partial charge in [0.25, 0.3) is 0 Å². The molecule has 4 nitrogen and oxygen atoms in total. The molecular formula is C20H40NO3+. The average Bonchev–Trinajstić information content (AvgIpc) is 2.54. The summed E-state index contributed by atoms with van der Waals surface area (Å²) >= 11 is 0. The first kappa shape index (κ1) is 23.1. The predicted octanol–water partition coefficient (Wildman–Crippen LogP) is 4.38. The third kappa shape index (κ3) is 11.6. The van der Waals surface area contributed by atoms with Gasteiger partial charge in [0.1, 0.15) is 12.6 Å². The van der Waals surface area contributed by atoms with E-state index in [2.05, 4.69) is 26.8 Å². The molecule has 0 amide bonds. The Labute approximate surface area is 149 Å². The molecule has 24 heavy (non-hydrogen) atoms. The molecule has 1 unspecified atom stereocenters. The molecule has 0 saturated carbocycles. The fraction of sp³-hybridized carbons (Fsp3) is 0.850. The summed E-state index contributed by atoms with van der Waals surface area (Å²) in [6.45, 7) is 10.2. The molecule has 0 heterocycles. The Morgan fingerprint density at radius 3 is 2.00 bits per heavy atom. The number of carboxylic acid groups (broad SMARTS) is 1. The molecule has 0 aromatic rings. The van der Waals surface area contributed by atoms with Crippen LogP contribution in [-0.2, 0) is 4.79 Å². The molecule has 0 aliphatic rings. The zero-order valence-electron chi connectivity index (χ0n) is 16.2. The summed E-state index contributed by atoms with van der Waals surface area (Å²) in [6.07, 6.45) is 12.4. The first-order chi connectivity index (χ1) is 11.5. The Balaban J connectivity index is 4.85. The van der Waals surface area contributed by atoms with Crippen LogP contribution < -0.4 is 0 Å². The van der Waals surface area contributed by atoms with Crippen LogP contribution in [0.3, 0.4) is 0 Å². The van der Waals surface area contributed by atoms with Crippen molar-refractivity contribution in [3.63, 3.8) is 0 Å². The zero-order chi connectivity index (χ0) is 18.3. The van der Waals surface area contributed by atoms with Crippen LogP contribution in [0.4, 0.5) is 0 Å². The predicted molar refractivity (Wildman–Crippen MR) is 101 cm³/mol. The van der Waals surface area contributed by atoms with Gasteiger partial charge in [-0.1, -0.05) is 58.6 Å². The highest BCUT2D eigenvalue weighted by Gasteiger charge is 2.28. The highest BCUT2D eigenvalue weighted by atomic mass is 16.4. The molecule has 0 fully saturated rings. The van der Waals surface area contributed by atoms with Crippen LogP contribution in [-0.4, -0.2) is 52.9 Å². The monoisotopic (exact) mass is 342 g/mol. The van der Waals surface area contributed by atoms with E-state index in [0.717, 1.165) is 62.6 Å². The fourth-order valence-corrected chi connectivity index (χ4v) is 3.19. The van der Waals surface area contributed by atoms with Gasteiger partial charge in [-0.2, -0.15) is 0 Å². The second-order valence-electron chi connectivity index (χ2n) is 7.04. The van der Waals surface area contributed by atoms with E-state index < -0.39 is 12.1 Å². The Hall–Kier alpha value is -0.870. The van der Waals surface area contributed by atoms with E-state index in [4.69, 9.17) is 5.11 Å². The van der Waals surface area contributed by atoms with Crippen LogP contribution in [0, 0.1) is 0 Å². The van der Waals surface area contributed by atoms with Gasteiger partial charge in [0.2, 0.25) is 0 Å². The maximum absolute atomic E-state index is 10.9. The summed E-state index contributed by atoms with van der Waals surface area (Å²) < 4.78 is 0.855. The molecule has 2 N–H and O–H groups in total. The van der Waals surface area contributed by atoms with E-state index in [-0.39, 0.29) is 6.42 Å². The first-order valence-corrected chi connectivity index (χ1v) is 9.91. The average molecular weight is 343 g/mol. The van der Waals surface area contributed by atoms with Crippen LogP contribution in [0.5, 0.6) is 0 Å². The lowest BCUT2D eigenvalue weighted by atomic mass is 10.1. The molecule has 0 aromatic carbocycles. The molecule has 0 saturated heterocycles. The molecule has 142 valence electrons. The second kappa shape index (κ2) is 14.5. The number of carbonyl (C=O) groups is 1. The van der Waals surface area contributed by atoms with Crippen molar-refractivity contribution >= 4 is 5.97 Å². The Kier molecular flexibility index (Phi) is 13.9. The summed E-state index contributed by atoms with van der Waals surface area (Å²) in [4.78, 5) is 10.9. The van der Waals surface area contributed by atoms with E-state index in [0.29, 0.717) is 13.0 Å². The van der Waals surface area contributed by atoms with Crippen molar-refractivity contribution in [1.29, 1.82) is 0 Å². The number of nitrogens with zero attached hydrogens (tertiary/aromatic N) is 1. The number of quaternary nitrogens is 1. The van der Waals surface area contributed by atoms with Gasteiger partial charge in [0, 0.05) is 6.42 Å². The van der Waals surface area contributed by atoms with Crippen LogP contribution in [0.15, 0.2) is 12.2 Å².